The number of aryl methyl sites for hydroxylation is 1. The van der Waals surface area contributed by atoms with Gasteiger partial charge in [-0.1, -0.05) is 12.1 Å². The Morgan fingerprint density at radius 1 is 1.32 bits per heavy atom. The Morgan fingerprint density at radius 3 is 2.68 bits per heavy atom. The van der Waals surface area contributed by atoms with Crippen molar-refractivity contribution in [3.8, 4) is 5.75 Å². The zero-order valence-corrected chi connectivity index (χ0v) is 11.5. The fourth-order valence-electron chi connectivity index (χ4n) is 1.69. The van der Waals surface area contributed by atoms with E-state index in [1.807, 2.05) is 0 Å². The van der Waals surface area contributed by atoms with Gasteiger partial charge in [0.2, 0.25) is 0 Å². The highest BCUT2D eigenvalue weighted by Crippen LogP contribution is 2.21. The third-order valence-electron chi connectivity index (χ3n) is 2.70. The molecule has 3 nitrogen and oxygen atoms in total. The van der Waals surface area contributed by atoms with Gasteiger partial charge in [0.25, 0.3) is 0 Å². The molecular formula is C14H11BrFNO2. The molecule has 0 amide bonds. The Labute approximate surface area is 118 Å². The van der Waals surface area contributed by atoms with Crippen molar-refractivity contribution in [3.63, 3.8) is 0 Å². The molecule has 5 heteroatoms. The van der Waals surface area contributed by atoms with Gasteiger partial charge in [-0.05, 0) is 46.1 Å². The molecule has 0 fully saturated rings. The zero-order chi connectivity index (χ0) is 13.8. The molecule has 0 spiro atoms. The summed E-state index contributed by atoms with van der Waals surface area (Å²) < 4.78 is 13.2. The van der Waals surface area contributed by atoms with E-state index in [0.29, 0.717) is 11.0 Å². The first kappa shape index (κ1) is 13.7. The molecule has 0 radical (unpaired) electrons. The number of rotatable bonds is 4. The van der Waals surface area contributed by atoms with E-state index in [0.717, 1.165) is 5.56 Å². The Kier molecular flexibility index (Phi) is 4.27. The average molecular weight is 324 g/mol. The highest BCUT2D eigenvalue weighted by Gasteiger charge is 2.12. The van der Waals surface area contributed by atoms with Crippen molar-refractivity contribution in [2.24, 2.45) is 0 Å². The van der Waals surface area contributed by atoms with Crippen molar-refractivity contribution in [2.45, 2.75) is 12.8 Å². The highest BCUT2D eigenvalue weighted by molar-refractivity contribution is 9.10. The number of benzene rings is 1. The molecular weight excluding hydrogens is 313 g/mol. The molecule has 2 rings (SSSR count). The van der Waals surface area contributed by atoms with Gasteiger partial charge in [0.15, 0.2) is 5.78 Å². The number of aromatic hydroxyl groups is 1. The van der Waals surface area contributed by atoms with Gasteiger partial charge >= 0.3 is 0 Å². The Morgan fingerprint density at radius 2 is 2.00 bits per heavy atom. The second kappa shape index (κ2) is 5.93. The first-order chi connectivity index (χ1) is 9.06. The molecule has 98 valence electrons. The quantitative estimate of drug-likeness (QED) is 0.692. The maximum Gasteiger partial charge on any atom is 0.167 e. The second-order valence-corrected chi connectivity index (χ2v) is 4.89. The number of hydrogen-bond acceptors (Lipinski definition) is 3. The molecule has 0 aliphatic carbocycles. The van der Waals surface area contributed by atoms with E-state index < -0.39 is 0 Å². The summed E-state index contributed by atoms with van der Waals surface area (Å²) in [5.74, 6) is -0.608. The summed E-state index contributed by atoms with van der Waals surface area (Å²) in [6, 6.07) is 7.50. The smallest absolute Gasteiger partial charge is 0.167 e. The molecule has 0 atom stereocenters. The normalized spacial score (nSPS) is 10.4. The van der Waals surface area contributed by atoms with Gasteiger partial charge in [0.05, 0.1) is 11.8 Å². The van der Waals surface area contributed by atoms with Gasteiger partial charge in [0, 0.05) is 6.42 Å². The van der Waals surface area contributed by atoms with E-state index in [2.05, 4.69) is 20.9 Å². The lowest BCUT2D eigenvalue weighted by Crippen LogP contribution is -2.02. The van der Waals surface area contributed by atoms with Crippen LogP contribution in [0.3, 0.4) is 0 Å². The minimum absolute atomic E-state index is 0.132. The van der Waals surface area contributed by atoms with Crippen molar-refractivity contribution < 1.29 is 14.3 Å². The summed E-state index contributed by atoms with van der Waals surface area (Å²) in [7, 11) is 0. The maximum atomic E-state index is 12.7. The van der Waals surface area contributed by atoms with E-state index in [1.165, 1.54) is 24.4 Å². The number of ketones is 1. The van der Waals surface area contributed by atoms with Gasteiger partial charge in [-0.15, -0.1) is 0 Å². The van der Waals surface area contributed by atoms with Crippen molar-refractivity contribution in [2.75, 3.05) is 0 Å². The average Bonchev–Trinajstić information content (AvgIpc) is 2.40. The summed E-state index contributed by atoms with van der Waals surface area (Å²) in [4.78, 5) is 15.8. The Hall–Kier alpha value is -1.75. The van der Waals surface area contributed by atoms with E-state index >= 15 is 0 Å². The molecule has 1 aromatic heterocycles. The molecule has 19 heavy (non-hydrogen) atoms. The fraction of sp³-hybridized carbons (Fsp3) is 0.143. The van der Waals surface area contributed by atoms with Crippen LogP contribution in [-0.2, 0) is 6.42 Å². The van der Waals surface area contributed by atoms with Gasteiger partial charge < -0.3 is 5.11 Å². The highest BCUT2D eigenvalue weighted by atomic mass is 79.9. The van der Waals surface area contributed by atoms with E-state index in [-0.39, 0.29) is 29.3 Å². The monoisotopic (exact) mass is 323 g/mol. The predicted octanol–water partition coefficient (Wildman–Crippen LogP) is 3.50. The maximum absolute atomic E-state index is 12.7. The van der Waals surface area contributed by atoms with Crippen LogP contribution in [0.2, 0.25) is 0 Å². The van der Waals surface area contributed by atoms with Crippen LogP contribution < -0.4 is 0 Å². The van der Waals surface area contributed by atoms with Crippen molar-refractivity contribution in [1.29, 1.82) is 0 Å². The Bertz CT molecular complexity index is 599. The SMILES string of the molecule is O=C(CCc1ccc(F)cc1)c1cc(Br)ncc1O. The first-order valence-electron chi connectivity index (χ1n) is 5.68. The summed E-state index contributed by atoms with van der Waals surface area (Å²) in [6.45, 7) is 0. The summed E-state index contributed by atoms with van der Waals surface area (Å²) in [5.41, 5.74) is 1.12. The molecule has 1 heterocycles. The van der Waals surface area contributed by atoms with Crippen LogP contribution in [0.5, 0.6) is 5.75 Å². The van der Waals surface area contributed by atoms with E-state index in [4.69, 9.17) is 0 Å². The number of hydrogen-bond donors (Lipinski definition) is 1. The first-order valence-corrected chi connectivity index (χ1v) is 6.47. The predicted molar refractivity (Wildman–Crippen MR) is 72.7 cm³/mol. The molecule has 1 N–H and O–H groups in total. The van der Waals surface area contributed by atoms with Gasteiger partial charge in [0.1, 0.15) is 16.2 Å². The van der Waals surface area contributed by atoms with Crippen LogP contribution in [0.15, 0.2) is 41.1 Å². The van der Waals surface area contributed by atoms with Crippen LogP contribution in [0.4, 0.5) is 4.39 Å². The minimum atomic E-state index is -0.300. The number of nitrogens with zero attached hydrogens (tertiary/aromatic N) is 1. The topological polar surface area (TPSA) is 50.2 Å². The van der Waals surface area contributed by atoms with Crippen molar-refractivity contribution in [3.05, 3.63) is 58.1 Å². The lowest BCUT2D eigenvalue weighted by molar-refractivity contribution is 0.0980. The molecule has 0 unspecified atom stereocenters. The van der Waals surface area contributed by atoms with Crippen LogP contribution in [0, 0.1) is 5.82 Å². The fourth-order valence-corrected chi connectivity index (χ4v) is 2.02. The Balaban J connectivity index is 2.05. The number of aromatic nitrogens is 1. The zero-order valence-electron chi connectivity index (χ0n) is 9.94. The lowest BCUT2D eigenvalue weighted by Gasteiger charge is -2.04. The number of carbonyl (C=O) groups is 1. The van der Waals surface area contributed by atoms with Gasteiger partial charge in [-0.2, -0.15) is 0 Å². The lowest BCUT2D eigenvalue weighted by atomic mass is 10.0. The van der Waals surface area contributed by atoms with Gasteiger partial charge in [-0.3, -0.25) is 4.79 Å². The second-order valence-electron chi connectivity index (χ2n) is 4.07. The molecule has 0 saturated heterocycles. The van der Waals surface area contributed by atoms with Crippen LogP contribution in [-0.4, -0.2) is 15.9 Å². The van der Waals surface area contributed by atoms with E-state index in [1.54, 1.807) is 12.1 Å². The number of halogens is 2. The number of pyridine rings is 1. The molecule has 0 aliphatic heterocycles. The summed E-state index contributed by atoms with van der Waals surface area (Å²) in [6.07, 6.45) is 1.98. The molecule has 1 aromatic carbocycles. The van der Waals surface area contributed by atoms with Crippen molar-refractivity contribution in [1.82, 2.24) is 4.98 Å². The molecule has 0 bridgehead atoms. The van der Waals surface area contributed by atoms with Crippen LogP contribution in [0.1, 0.15) is 22.3 Å². The van der Waals surface area contributed by atoms with Crippen molar-refractivity contribution >= 4 is 21.7 Å². The van der Waals surface area contributed by atoms with E-state index in [9.17, 15) is 14.3 Å². The van der Waals surface area contributed by atoms with Crippen LogP contribution in [0.25, 0.3) is 0 Å². The number of Topliss-reactive ketones (excluding diaryl/α,β-unsaturated/α-hetero) is 1. The molecule has 2 aromatic rings. The van der Waals surface area contributed by atoms with Gasteiger partial charge in [-0.25, -0.2) is 9.37 Å². The third kappa shape index (κ3) is 3.61. The number of carbonyl (C=O) groups excluding carboxylic acids is 1. The minimum Gasteiger partial charge on any atom is -0.506 e. The summed E-state index contributed by atoms with van der Waals surface area (Å²) in [5, 5.41) is 9.59. The summed E-state index contributed by atoms with van der Waals surface area (Å²) >= 11 is 3.15. The third-order valence-corrected chi connectivity index (χ3v) is 3.14. The molecule has 0 aliphatic rings. The standard InChI is InChI=1S/C14H11BrFNO2/c15-14-7-11(13(19)8-17-14)12(18)6-3-9-1-4-10(16)5-2-9/h1-2,4-5,7-8,19H,3,6H2. The van der Waals surface area contributed by atoms with Crippen LogP contribution >= 0.6 is 15.9 Å². The molecule has 0 saturated carbocycles. The largest absolute Gasteiger partial charge is 0.506 e.